The van der Waals surface area contributed by atoms with E-state index in [0.717, 1.165) is 40.0 Å². The molecule has 0 amide bonds. The summed E-state index contributed by atoms with van der Waals surface area (Å²) in [6.45, 7) is 3.09. The van der Waals surface area contributed by atoms with Gasteiger partial charge in [-0.05, 0) is 43.0 Å². The van der Waals surface area contributed by atoms with Crippen molar-refractivity contribution in [3.63, 3.8) is 0 Å². The zero-order valence-corrected chi connectivity index (χ0v) is 18.4. The lowest BCUT2D eigenvalue weighted by Crippen LogP contribution is -2.39. The standard InChI is InChI=1S/C22H25N5O3S/c1-25-19(23)18(21(28)26(2)22(25)29)17-12-31-20(24-17)14-5-7-16(8-6-14)30-11-15-10-27(15)9-13-3-4-13/h5-8,12-13,15H,3-4,9-11,23H2,1-2H3. The van der Waals surface area contributed by atoms with Crippen molar-refractivity contribution >= 4 is 17.2 Å². The third-order valence-electron chi connectivity index (χ3n) is 6.03. The number of rotatable bonds is 7. The molecule has 1 aliphatic carbocycles. The predicted molar refractivity (Wildman–Crippen MR) is 121 cm³/mol. The molecule has 162 valence electrons. The van der Waals surface area contributed by atoms with Gasteiger partial charge < -0.3 is 10.5 Å². The first-order valence-corrected chi connectivity index (χ1v) is 11.3. The fourth-order valence-corrected chi connectivity index (χ4v) is 4.56. The van der Waals surface area contributed by atoms with E-state index >= 15 is 0 Å². The summed E-state index contributed by atoms with van der Waals surface area (Å²) >= 11 is 1.43. The van der Waals surface area contributed by atoms with Crippen molar-refractivity contribution in [3.8, 4) is 27.6 Å². The third kappa shape index (κ3) is 3.90. The van der Waals surface area contributed by atoms with Gasteiger partial charge in [0.2, 0.25) is 0 Å². The molecule has 5 rings (SSSR count). The summed E-state index contributed by atoms with van der Waals surface area (Å²) in [5, 5.41) is 2.56. The average Bonchev–Trinajstić information content (AvgIpc) is 3.70. The van der Waals surface area contributed by atoms with Gasteiger partial charge in [-0.25, -0.2) is 9.78 Å². The SMILES string of the molecule is Cn1c(N)c(-c2csc(-c3ccc(OCC4CN4CC4CC4)cc3)n2)c(=O)n(C)c1=O. The maximum atomic E-state index is 12.6. The molecular formula is C22H25N5O3S. The minimum absolute atomic E-state index is 0.115. The Morgan fingerprint density at radius 3 is 2.61 bits per heavy atom. The monoisotopic (exact) mass is 439 g/mol. The Labute approximate surface area is 183 Å². The molecule has 1 saturated carbocycles. The summed E-state index contributed by atoms with van der Waals surface area (Å²) in [5.41, 5.74) is 6.79. The lowest BCUT2D eigenvalue weighted by atomic mass is 10.2. The van der Waals surface area contributed by atoms with Gasteiger partial charge in [-0.3, -0.25) is 18.8 Å². The van der Waals surface area contributed by atoms with Crippen molar-refractivity contribution in [3.05, 3.63) is 50.5 Å². The number of hydrogen-bond acceptors (Lipinski definition) is 7. The second-order valence-corrected chi connectivity index (χ2v) is 9.25. The molecule has 3 aromatic rings. The highest BCUT2D eigenvalue weighted by atomic mass is 32.1. The van der Waals surface area contributed by atoms with Crippen molar-refractivity contribution in [1.29, 1.82) is 0 Å². The van der Waals surface area contributed by atoms with Crippen molar-refractivity contribution in [1.82, 2.24) is 19.0 Å². The number of ether oxygens (including phenoxy) is 1. The van der Waals surface area contributed by atoms with E-state index in [-0.39, 0.29) is 11.4 Å². The van der Waals surface area contributed by atoms with Crippen molar-refractivity contribution in [2.45, 2.75) is 18.9 Å². The molecule has 1 saturated heterocycles. The van der Waals surface area contributed by atoms with Crippen LogP contribution in [0.15, 0.2) is 39.2 Å². The molecule has 2 aromatic heterocycles. The second kappa shape index (κ2) is 7.65. The highest BCUT2D eigenvalue weighted by Gasteiger charge is 2.38. The maximum absolute atomic E-state index is 12.6. The van der Waals surface area contributed by atoms with Crippen LogP contribution in [0.3, 0.4) is 0 Å². The Kier molecular flexibility index (Phi) is 4.94. The lowest BCUT2D eigenvalue weighted by molar-refractivity contribution is 0.292. The summed E-state index contributed by atoms with van der Waals surface area (Å²) in [6.07, 6.45) is 2.77. The van der Waals surface area contributed by atoms with Crippen molar-refractivity contribution in [2.75, 3.05) is 25.4 Å². The molecule has 2 fully saturated rings. The number of thiazole rings is 1. The first kappa shape index (κ1) is 20.0. The van der Waals surface area contributed by atoms with E-state index in [0.29, 0.717) is 11.7 Å². The van der Waals surface area contributed by atoms with Gasteiger partial charge in [0.25, 0.3) is 5.56 Å². The Morgan fingerprint density at radius 1 is 1.16 bits per heavy atom. The van der Waals surface area contributed by atoms with Crippen LogP contribution in [-0.4, -0.2) is 44.8 Å². The van der Waals surface area contributed by atoms with Crippen LogP contribution in [0.5, 0.6) is 5.75 Å². The summed E-state index contributed by atoms with van der Waals surface area (Å²) < 4.78 is 8.25. The normalized spacial score (nSPS) is 20.1. The van der Waals surface area contributed by atoms with Crippen LogP contribution in [0.2, 0.25) is 0 Å². The fourth-order valence-electron chi connectivity index (χ4n) is 3.75. The Bertz CT molecular complexity index is 1240. The minimum atomic E-state index is -0.459. The summed E-state index contributed by atoms with van der Waals surface area (Å²) in [6, 6.07) is 8.38. The summed E-state index contributed by atoms with van der Waals surface area (Å²) in [4.78, 5) is 31.7. The minimum Gasteiger partial charge on any atom is -0.492 e. The van der Waals surface area contributed by atoms with E-state index in [1.165, 1.54) is 42.3 Å². The quantitative estimate of drug-likeness (QED) is 0.565. The Balaban J connectivity index is 1.29. The molecule has 0 spiro atoms. The van der Waals surface area contributed by atoms with Gasteiger partial charge in [0, 0.05) is 38.1 Å². The van der Waals surface area contributed by atoms with Crippen LogP contribution in [0, 0.1) is 5.92 Å². The van der Waals surface area contributed by atoms with E-state index in [2.05, 4.69) is 9.88 Å². The molecule has 8 nitrogen and oxygen atoms in total. The first-order valence-electron chi connectivity index (χ1n) is 10.4. The molecule has 2 N–H and O–H groups in total. The molecule has 2 atom stereocenters. The van der Waals surface area contributed by atoms with Crippen molar-refractivity contribution < 1.29 is 4.74 Å². The van der Waals surface area contributed by atoms with Crippen LogP contribution in [0.4, 0.5) is 5.82 Å². The summed E-state index contributed by atoms with van der Waals surface area (Å²) in [5.74, 6) is 1.88. The van der Waals surface area contributed by atoms with E-state index in [9.17, 15) is 9.59 Å². The van der Waals surface area contributed by atoms with Gasteiger partial charge >= 0.3 is 5.69 Å². The van der Waals surface area contributed by atoms with Gasteiger partial charge in [0.1, 0.15) is 28.7 Å². The number of aromatic nitrogens is 3. The van der Waals surface area contributed by atoms with Crippen LogP contribution >= 0.6 is 11.3 Å². The molecule has 2 unspecified atom stereocenters. The predicted octanol–water partition coefficient (Wildman–Crippen LogP) is 1.93. The Morgan fingerprint density at radius 2 is 1.90 bits per heavy atom. The van der Waals surface area contributed by atoms with E-state index in [1.807, 2.05) is 24.3 Å². The van der Waals surface area contributed by atoms with E-state index in [4.69, 9.17) is 10.5 Å². The van der Waals surface area contributed by atoms with Crippen LogP contribution in [-0.2, 0) is 14.1 Å². The molecule has 1 aromatic carbocycles. The van der Waals surface area contributed by atoms with Gasteiger partial charge in [-0.2, -0.15) is 0 Å². The highest BCUT2D eigenvalue weighted by molar-refractivity contribution is 7.13. The van der Waals surface area contributed by atoms with Crippen molar-refractivity contribution in [2.24, 2.45) is 20.0 Å². The number of anilines is 1. The number of benzene rings is 1. The van der Waals surface area contributed by atoms with Crippen LogP contribution < -0.4 is 21.7 Å². The number of nitrogens with zero attached hydrogens (tertiary/aromatic N) is 4. The van der Waals surface area contributed by atoms with E-state index < -0.39 is 11.2 Å². The maximum Gasteiger partial charge on any atom is 0.332 e. The van der Waals surface area contributed by atoms with Gasteiger partial charge in [0.05, 0.1) is 11.7 Å². The van der Waals surface area contributed by atoms with Gasteiger partial charge in [-0.15, -0.1) is 11.3 Å². The molecule has 0 radical (unpaired) electrons. The molecular weight excluding hydrogens is 414 g/mol. The summed E-state index contributed by atoms with van der Waals surface area (Å²) in [7, 11) is 2.98. The van der Waals surface area contributed by atoms with E-state index in [1.54, 1.807) is 12.4 Å². The average molecular weight is 440 g/mol. The number of nitrogen functional groups attached to an aromatic ring is 1. The number of nitrogens with two attached hydrogens (primary N) is 1. The first-order chi connectivity index (χ1) is 14.9. The third-order valence-corrected chi connectivity index (χ3v) is 6.92. The van der Waals surface area contributed by atoms with Crippen LogP contribution in [0.1, 0.15) is 12.8 Å². The van der Waals surface area contributed by atoms with Gasteiger partial charge in [0.15, 0.2) is 0 Å². The van der Waals surface area contributed by atoms with Gasteiger partial charge in [-0.1, -0.05) is 0 Å². The molecule has 31 heavy (non-hydrogen) atoms. The van der Waals surface area contributed by atoms with Crippen LogP contribution in [0.25, 0.3) is 21.8 Å². The fraction of sp³-hybridized carbons (Fsp3) is 0.409. The molecule has 2 aliphatic rings. The second-order valence-electron chi connectivity index (χ2n) is 8.39. The highest BCUT2D eigenvalue weighted by Crippen LogP contribution is 2.34. The molecule has 1 aliphatic heterocycles. The lowest BCUT2D eigenvalue weighted by Gasteiger charge is -2.09. The molecule has 0 bridgehead atoms. The molecule has 3 heterocycles. The smallest absolute Gasteiger partial charge is 0.332 e. The zero-order valence-electron chi connectivity index (χ0n) is 17.6. The largest absolute Gasteiger partial charge is 0.492 e. The Hall–Kier alpha value is -2.91. The topological polar surface area (TPSA) is 95.2 Å². The zero-order chi connectivity index (χ0) is 21.7. The number of hydrogen-bond donors (Lipinski definition) is 1. The molecule has 9 heteroatoms.